The Kier molecular flexibility index (Phi) is 9.21. The summed E-state index contributed by atoms with van der Waals surface area (Å²) in [5, 5.41) is 0. The summed E-state index contributed by atoms with van der Waals surface area (Å²) in [6, 6.07) is 0. The third-order valence-electron chi connectivity index (χ3n) is 2.33. The number of ether oxygens (including phenoxy) is 3. The van der Waals surface area contributed by atoms with E-state index in [1.807, 2.05) is 6.92 Å². The molecule has 0 aromatic rings. The number of hydrogen-bond acceptors (Lipinski definition) is 6. The number of hydrogen-bond donors (Lipinski definition) is 0. The minimum Gasteiger partial charge on any atom is -0.466 e. The van der Waals surface area contributed by atoms with Crippen LogP contribution in [0.4, 0.5) is 4.79 Å². The summed E-state index contributed by atoms with van der Waals surface area (Å²) < 4.78 is 15.0. The van der Waals surface area contributed by atoms with Gasteiger partial charge in [0.1, 0.15) is 12.1 Å². The normalized spacial score (nSPS) is 10.8. The quantitative estimate of drug-likeness (QED) is 0.504. The zero-order chi connectivity index (χ0) is 17.2. The van der Waals surface area contributed by atoms with Crippen LogP contribution in [-0.2, 0) is 23.8 Å². The van der Waals surface area contributed by atoms with Crippen LogP contribution < -0.4 is 0 Å². The van der Waals surface area contributed by atoms with Crippen molar-refractivity contribution in [2.45, 2.75) is 53.1 Å². The average Bonchev–Trinajstić information content (AvgIpc) is 2.39. The second-order valence-corrected chi connectivity index (χ2v) is 5.68. The molecule has 0 bridgehead atoms. The monoisotopic (exact) mass is 317 g/mol. The molecular formula is C15H27NO6. The first-order valence-corrected chi connectivity index (χ1v) is 7.48. The van der Waals surface area contributed by atoms with E-state index in [4.69, 9.17) is 14.2 Å². The van der Waals surface area contributed by atoms with Gasteiger partial charge in [0.25, 0.3) is 0 Å². The van der Waals surface area contributed by atoms with E-state index in [2.05, 4.69) is 0 Å². The van der Waals surface area contributed by atoms with Crippen LogP contribution in [0.15, 0.2) is 0 Å². The van der Waals surface area contributed by atoms with E-state index in [9.17, 15) is 14.4 Å². The molecule has 0 rings (SSSR count). The van der Waals surface area contributed by atoms with E-state index >= 15 is 0 Å². The van der Waals surface area contributed by atoms with E-state index in [0.717, 1.165) is 11.3 Å². The highest BCUT2D eigenvalue weighted by atomic mass is 16.6. The highest BCUT2D eigenvalue weighted by Gasteiger charge is 2.25. The van der Waals surface area contributed by atoms with Crippen molar-refractivity contribution in [1.82, 2.24) is 4.90 Å². The molecule has 0 unspecified atom stereocenters. The molecule has 7 heteroatoms. The fourth-order valence-electron chi connectivity index (χ4n) is 1.44. The molecule has 0 fully saturated rings. The molecule has 0 aromatic carbocycles. The fraction of sp³-hybridized carbons (Fsp3) is 0.800. The molecular weight excluding hydrogens is 290 g/mol. The maximum atomic E-state index is 12.1. The first-order chi connectivity index (χ1) is 10.2. The molecule has 22 heavy (non-hydrogen) atoms. The van der Waals surface area contributed by atoms with E-state index in [1.54, 1.807) is 27.7 Å². The highest BCUT2D eigenvalue weighted by Crippen LogP contribution is 2.10. The van der Waals surface area contributed by atoms with Crippen molar-refractivity contribution in [2.24, 2.45) is 0 Å². The van der Waals surface area contributed by atoms with Crippen LogP contribution in [0.5, 0.6) is 0 Å². The minimum atomic E-state index is -0.688. The van der Waals surface area contributed by atoms with Crippen LogP contribution in [0.1, 0.15) is 47.5 Å². The zero-order valence-corrected chi connectivity index (χ0v) is 14.1. The Balaban J connectivity index is 4.61. The number of carbonyl (C=O) groups excluding carboxylic acids is 3. The number of rotatable bonds is 8. The Labute approximate surface area is 131 Å². The van der Waals surface area contributed by atoms with Gasteiger partial charge in [0.15, 0.2) is 0 Å². The topological polar surface area (TPSA) is 82.1 Å². The van der Waals surface area contributed by atoms with Crippen molar-refractivity contribution in [1.29, 1.82) is 0 Å². The molecule has 0 aliphatic carbocycles. The van der Waals surface area contributed by atoms with Crippen molar-refractivity contribution >= 4 is 18.0 Å². The van der Waals surface area contributed by atoms with Crippen LogP contribution in [-0.4, -0.2) is 54.8 Å². The standard InChI is InChI=1S/C15H27NO6/c1-6-10-21-12(17)8-9-16(11-13(18)20-7-2)14(19)22-15(3,4)5/h6-11H2,1-5H3. The van der Waals surface area contributed by atoms with Crippen LogP contribution in [0, 0.1) is 0 Å². The van der Waals surface area contributed by atoms with Crippen molar-refractivity contribution in [3.05, 3.63) is 0 Å². The first-order valence-electron chi connectivity index (χ1n) is 7.48. The van der Waals surface area contributed by atoms with Crippen LogP contribution >= 0.6 is 0 Å². The molecule has 0 radical (unpaired) electrons. The maximum absolute atomic E-state index is 12.1. The van der Waals surface area contributed by atoms with Crippen LogP contribution in [0.3, 0.4) is 0 Å². The molecule has 0 aliphatic heterocycles. The van der Waals surface area contributed by atoms with E-state index in [1.165, 1.54) is 0 Å². The Morgan fingerprint density at radius 3 is 2.14 bits per heavy atom. The summed E-state index contributed by atoms with van der Waals surface area (Å²) >= 11 is 0. The van der Waals surface area contributed by atoms with Crippen molar-refractivity contribution in [3.63, 3.8) is 0 Å². The second-order valence-electron chi connectivity index (χ2n) is 5.68. The molecule has 0 aromatic heterocycles. The smallest absolute Gasteiger partial charge is 0.410 e. The summed E-state index contributed by atoms with van der Waals surface area (Å²) in [5.74, 6) is -0.963. The van der Waals surface area contributed by atoms with Crippen molar-refractivity contribution in [2.75, 3.05) is 26.3 Å². The van der Waals surface area contributed by atoms with Gasteiger partial charge in [-0.15, -0.1) is 0 Å². The molecule has 128 valence electrons. The minimum absolute atomic E-state index is 0.00134. The van der Waals surface area contributed by atoms with Gasteiger partial charge in [-0.05, 0) is 34.1 Å². The molecule has 1 amide bonds. The predicted molar refractivity (Wildman–Crippen MR) is 80.3 cm³/mol. The van der Waals surface area contributed by atoms with E-state index in [-0.39, 0.29) is 26.1 Å². The summed E-state index contributed by atoms with van der Waals surface area (Å²) in [4.78, 5) is 36.3. The fourth-order valence-corrected chi connectivity index (χ4v) is 1.44. The van der Waals surface area contributed by atoms with Crippen molar-refractivity contribution < 1.29 is 28.6 Å². The lowest BCUT2D eigenvalue weighted by Gasteiger charge is -2.26. The largest absolute Gasteiger partial charge is 0.466 e. The van der Waals surface area contributed by atoms with E-state index in [0.29, 0.717) is 6.61 Å². The zero-order valence-electron chi connectivity index (χ0n) is 14.1. The van der Waals surface area contributed by atoms with Crippen LogP contribution in [0.25, 0.3) is 0 Å². The van der Waals surface area contributed by atoms with Gasteiger partial charge in [-0.2, -0.15) is 0 Å². The summed E-state index contributed by atoms with van der Waals surface area (Å²) in [6.07, 6.45) is 0.0621. The second kappa shape index (κ2) is 10.0. The molecule has 7 nitrogen and oxygen atoms in total. The number of esters is 2. The van der Waals surface area contributed by atoms with Crippen LogP contribution in [0.2, 0.25) is 0 Å². The third kappa shape index (κ3) is 10.0. The molecule has 0 saturated carbocycles. The Bertz CT molecular complexity index is 375. The molecule has 0 aliphatic rings. The number of carbonyl (C=O) groups is 3. The lowest BCUT2D eigenvalue weighted by atomic mass is 10.2. The molecule has 0 N–H and O–H groups in total. The molecule has 0 saturated heterocycles. The van der Waals surface area contributed by atoms with Gasteiger partial charge in [-0.1, -0.05) is 6.92 Å². The summed E-state index contributed by atoms with van der Waals surface area (Å²) in [6.45, 7) is 9.08. The Hall–Kier alpha value is -1.79. The van der Waals surface area contributed by atoms with Crippen molar-refractivity contribution in [3.8, 4) is 0 Å². The molecule has 0 atom stereocenters. The van der Waals surface area contributed by atoms with Gasteiger partial charge < -0.3 is 14.2 Å². The Morgan fingerprint density at radius 1 is 1.00 bits per heavy atom. The van der Waals surface area contributed by atoms with Gasteiger partial charge in [0, 0.05) is 6.54 Å². The van der Waals surface area contributed by atoms with Gasteiger partial charge in [0.05, 0.1) is 19.6 Å². The average molecular weight is 317 g/mol. The Morgan fingerprint density at radius 2 is 1.64 bits per heavy atom. The van der Waals surface area contributed by atoms with Gasteiger partial charge in [-0.3, -0.25) is 14.5 Å². The predicted octanol–water partition coefficient (Wildman–Crippen LogP) is 2.13. The third-order valence-corrected chi connectivity index (χ3v) is 2.33. The lowest BCUT2D eigenvalue weighted by molar-refractivity contribution is -0.147. The SMILES string of the molecule is CCCOC(=O)CCN(CC(=O)OCC)C(=O)OC(C)(C)C. The molecule has 0 heterocycles. The highest BCUT2D eigenvalue weighted by molar-refractivity contribution is 5.79. The van der Waals surface area contributed by atoms with Gasteiger partial charge in [0.2, 0.25) is 0 Å². The first kappa shape index (κ1) is 20.2. The van der Waals surface area contributed by atoms with Gasteiger partial charge >= 0.3 is 18.0 Å². The number of nitrogens with zero attached hydrogens (tertiary/aromatic N) is 1. The maximum Gasteiger partial charge on any atom is 0.410 e. The van der Waals surface area contributed by atoms with Gasteiger partial charge in [-0.25, -0.2) is 4.79 Å². The van der Waals surface area contributed by atoms with E-state index < -0.39 is 23.6 Å². The summed E-state index contributed by atoms with van der Waals surface area (Å²) in [7, 11) is 0. The lowest BCUT2D eigenvalue weighted by Crippen LogP contribution is -2.41. The number of amides is 1. The molecule has 0 spiro atoms. The summed E-state index contributed by atoms with van der Waals surface area (Å²) in [5.41, 5.74) is -0.688.